The van der Waals surface area contributed by atoms with Crippen molar-refractivity contribution >= 4 is 18.3 Å². The van der Waals surface area contributed by atoms with E-state index < -0.39 is 0 Å². The standard InChI is InChI=1S/C21H22N4O2.ClH/c1-25-18(26)12-11-17(19(25)15-5-3-2-4-6-15)21-23-20(24-27-21)16-9-7-14(13-22)8-10-16;/h2-10,17,19H,11-13,22H2,1H3;1H. The molecule has 6 nitrogen and oxygen atoms in total. The molecule has 2 heterocycles. The van der Waals surface area contributed by atoms with Crippen molar-refractivity contribution in [2.75, 3.05) is 7.05 Å². The molecule has 1 fully saturated rings. The Balaban J connectivity index is 0.00000225. The highest BCUT2D eigenvalue weighted by atomic mass is 35.5. The van der Waals surface area contributed by atoms with Crippen LogP contribution < -0.4 is 5.73 Å². The molecule has 0 radical (unpaired) electrons. The van der Waals surface area contributed by atoms with Crippen LogP contribution >= 0.6 is 12.4 Å². The van der Waals surface area contributed by atoms with Crippen molar-refractivity contribution in [3.8, 4) is 11.4 Å². The first kappa shape index (κ1) is 20.0. The molecular formula is C21H23ClN4O2. The summed E-state index contributed by atoms with van der Waals surface area (Å²) < 4.78 is 5.63. The second kappa shape index (κ2) is 8.54. The average Bonchev–Trinajstić information content (AvgIpc) is 3.20. The first-order valence-corrected chi connectivity index (χ1v) is 9.11. The summed E-state index contributed by atoms with van der Waals surface area (Å²) in [4.78, 5) is 18.7. The highest BCUT2D eigenvalue weighted by Crippen LogP contribution is 2.41. The van der Waals surface area contributed by atoms with Gasteiger partial charge in [0.15, 0.2) is 0 Å². The van der Waals surface area contributed by atoms with E-state index in [2.05, 4.69) is 10.1 Å². The van der Waals surface area contributed by atoms with Crippen molar-refractivity contribution < 1.29 is 9.32 Å². The fourth-order valence-corrected chi connectivity index (χ4v) is 3.70. The molecule has 4 rings (SSSR count). The number of carbonyl (C=O) groups is 1. The summed E-state index contributed by atoms with van der Waals surface area (Å²) in [5.74, 6) is 1.23. The largest absolute Gasteiger partial charge is 0.339 e. The molecule has 2 atom stereocenters. The number of aromatic nitrogens is 2. The zero-order valence-corrected chi connectivity index (χ0v) is 16.4. The van der Waals surface area contributed by atoms with Crippen LogP contribution in [0.25, 0.3) is 11.4 Å². The fraction of sp³-hybridized carbons (Fsp3) is 0.286. The SMILES string of the molecule is CN1C(=O)CCC(c2nc(-c3ccc(CN)cc3)no2)C1c1ccccc1.Cl. The van der Waals surface area contributed by atoms with Gasteiger partial charge in [0.05, 0.1) is 12.0 Å². The Kier molecular flexibility index (Phi) is 6.11. The van der Waals surface area contributed by atoms with Crippen LogP contribution in [0.3, 0.4) is 0 Å². The van der Waals surface area contributed by atoms with E-state index in [0.29, 0.717) is 31.1 Å². The molecule has 0 saturated carbocycles. The predicted molar refractivity (Wildman–Crippen MR) is 109 cm³/mol. The molecule has 28 heavy (non-hydrogen) atoms. The van der Waals surface area contributed by atoms with Gasteiger partial charge < -0.3 is 15.2 Å². The number of nitrogens with two attached hydrogens (primary N) is 1. The summed E-state index contributed by atoms with van der Waals surface area (Å²) >= 11 is 0. The van der Waals surface area contributed by atoms with Crippen molar-refractivity contribution in [3.63, 3.8) is 0 Å². The highest BCUT2D eigenvalue weighted by molar-refractivity contribution is 5.85. The molecule has 0 spiro atoms. The lowest BCUT2D eigenvalue weighted by Gasteiger charge is -2.37. The van der Waals surface area contributed by atoms with E-state index in [9.17, 15) is 4.79 Å². The van der Waals surface area contributed by atoms with Gasteiger partial charge in [0.25, 0.3) is 0 Å². The van der Waals surface area contributed by atoms with Gasteiger partial charge in [0, 0.05) is 25.6 Å². The molecule has 2 N–H and O–H groups in total. The third-order valence-electron chi connectivity index (χ3n) is 5.21. The average molecular weight is 399 g/mol. The summed E-state index contributed by atoms with van der Waals surface area (Å²) in [6.07, 6.45) is 1.17. The van der Waals surface area contributed by atoms with Gasteiger partial charge in [-0.3, -0.25) is 4.79 Å². The maximum atomic E-state index is 12.3. The maximum Gasteiger partial charge on any atom is 0.232 e. The summed E-state index contributed by atoms with van der Waals surface area (Å²) in [6.45, 7) is 0.499. The number of nitrogens with zero attached hydrogens (tertiary/aromatic N) is 3. The van der Waals surface area contributed by atoms with Crippen molar-refractivity contribution in [3.05, 3.63) is 71.6 Å². The highest BCUT2D eigenvalue weighted by Gasteiger charge is 2.38. The van der Waals surface area contributed by atoms with Gasteiger partial charge in [-0.1, -0.05) is 59.8 Å². The smallest absolute Gasteiger partial charge is 0.232 e. The van der Waals surface area contributed by atoms with Crippen LogP contribution in [0.2, 0.25) is 0 Å². The number of hydrogen-bond donors (Lipinski definition) is 1. The summed E-state index contributed by atoms with van der Waals surface area (Å²) in [5, 5.41) is 4.17. The number of likely N-dealkylation sites (tertiary alicyclic amines) is 1. The topological polar surface area (TPSA) is 85.2 Å². The van der Waals surface area contributed by atoms with Gasteiger partial charge >= 0.3 is 0 Å². The van der Waals surface area contributed by atoms with E-state index in [1.165, 1.54) is 0 Å². The van der Waals surface area contributed by atoms with E-state index >= 15 is 0 Å². The van der Waals surface area contributed by atoms with E-state index in [1.54, 1.807) is 4.90 Å². The van der Waals surface area contributed by atoms with Crippen LogP contribution in [0.1, 0.15) is 41.8 Å². The first-order chi connectivity index (χ1) is 13.2. The minimum Gasteiger partial charge on any atom is -0.339 e. The first-order valence-electron chi connectivity index (χ1n) is 9.11. The molecule has 1 aromatic heterocycles. The minimum atomic E-state index is -0.111. The molecule has 1 aliphatic heterocycles. The van der Waals surface area contributed by atoms with Gasteiger partial charge in [0.2, 0.25) is 17.6 Å². The number of benzene rings is 2. The van der Waals surface area contributed by atoms with E-state index in [4.69, 9.17) is 10.3 Å². The fourth-order valence-electron chi connectivity index (χ4n) is 3.70. The summed E-state index contributed by atoms with van der Waals surface area (Å²) in [7, 11) is 1.84. The Labute approximate surface area is 170 Å². The molecule has 0 aliphatic carbocycles. The Bertz CT molecular complexity index is 927. The lowest BCUT2D eigenvalue weighted by Crippen LogP contribution is -2.39. The van der Waals surface area contributed by atoms with Gasteiger partial charge in [-0.15, -0.1) is 12.4 Å². The minimum absolute atomic E-state index is 0. The normalized spacial score (nSPS) is 19.4. The molecule has 1 saturated heterocycles. The van der Waals surface area contributed by atoms with E-state index in [1.807, 2.05) is 61.6 Å². The number of piperidine rings is 1. The molecule has 2 unspecified atom stereocenters. The lowest BCUT2D eigenvalue weighted by atomic mass is 9.84. The Morgan fingerprint density at radius 1 is 1.14 bits per heavy atom. The van der Waals surface area contributed by atoms with Gasteiger partial charge in [-0.25, -0.2) is 0 Å². The van der Waals surface area contributed by atoms with Crippen LogP contribution in [0.15, 0.2) is 59.1 Å². The number of carbonyl (C=O) groups excluding carboxylic acids is 1. The molecule has 2 aromatic carbocycles. The number of likely N-dealkylation sites (N-methyl/N-ethyl adjacent to an activating group) is 1. The summed E-state index contributed by atoms with van der Waals surface area (Å²) in [6, 6.07) is 17.7. The predicted octanol–water partition coefficient (Wildman–Crippen LogP) is 3.69. The van der Waals surface area contributed by atoms with Crippen LogP contribution in [0.4, 0.5) is 0 Å². The zero-order valence-electron chi connectivity index (χ0n) is 15.6. The molecule has 3 aromatic rings. The number of hydrogen-bond acceptors (Lipinski definition) is 5. The van der Waals surface area contributed by atoms with E-state index in [-0.39, 0.29) is 30.3 Å². The Morgan fingerprint density at radius 2 is 1.86 bits per heavy atom. The van der Waals surface area contributed by atoms with Crippen molar-refractivity contribution in [2.45, 2.75) is 31.3 Å². The van der Waals surface area contributed by atoms with Crippen molar-refractivity contribution in [1.82, 2.24) is 15.0 Å². The zero-order chi connectivity index (χ0) is 18.8. The second-order valence-corrected chi connectivity index (χ2v) is 6.86. The maximum absolute atomic E-state index is 12.3. The van der Waals surface area contributed by atoms with Gasteiger partial charge in [-0.05, 0) is 17.5 Å². The third kappa shape index (κ3) is 3.79. The number of amides is 1. The summed E-state index contributed by atoms with van der Waals surface area (Å²) in [5.41, 5.74) is 8.67. The van der Waals surface area contributed by atoms with Gasteiger partial charge in [0.1, 0.15) is 0 Å². The molecule has 7 heteroatoms. The quantitative estimate of drug-likeness (QED) is 0.724. The molecule has 0 bridgehead atoms. The second-order valence-electron chi connectivity index (χ2n) is 6.86. The van der Waals surface area contributed by atoms with Crippen molar-refractivity contribution in [2.24, 2.45) is 5.73 Å². The van der Waals surface area contributed by atoms with Crippen LogP contribution in [0.5, 0.6) is 0 Å². The molecular weight excluding hydrogens is 376 g/mol. The number of rotatable bonds is 4. The van der Waals surface area contributed by atoms with Gasteiger partial charge in [-0.2, -0.15) is 4.98 Å². The Hall–Kier alpha value is -2.70. The lowest BCUT2D eigenvalue weighted by molar-refractivity contribution is -0.135. The molecule has 1 amide bonds. The third-order valence-corrected chi connectivity index (χ3v) is 5.21. The molecule has 1 aliphatic rings. The van der Waals surface area contributed by atoms with Crippen LogP contribution in [-0.4, -0.2) is 28.0 Å². The van der Waals surface area contributed by atoms with Crippen LogP contribution in [-0.2, 0) is 11.3 Å². The number of halogens is 1. The van der Waals surface area contributed by atoms with Crippen molar-refractivity contribution in [1.29, 1.82) is 0 Å². The monoisotopic (exact) mass is 398 g/mol. The van der Waals surface area contributed by atoms with E-state index in [0.717, 1.165) is 16.7 Å². The molecule has 146 valence electrons. The Morgan fingerprint density at radius 3 is 2.54 bits per heavy atom. The van der Waals surface area contributed by atoms with Crippen LogP contribution in [0, 0.1) is 0 Å².